The summed E-state index contributed by atoms with van der Waals surface area (Å²) in [5.41, 5.74) is -0.781. The Morgan fingerprint density at radius 3 is 2.52 bits per heavy atom. The van der Waals surface area contributed by atoms with Gasteiger partial charge in [-0.05, 0) is 20.8 Å². The first kappa shape index (κ1) is 17.3. The molecule has 0 saturated carbocycles. The molecule has 0 aromatic heterocycles. The summed E-state index contributed by atoms with van der Waals surface area (Å²) >= 11 is 0. The summed E-state index contributed by atoms with van der Waals surface area (Å²) in [6, 6.07) is 0. The van der Waals surface area contributed by atoms with Gasteiger partial charge < -0.3 is 24.6 Å². The number of ether oxygens (including phenoxy) is 2. The Kier molecular flexibility index (Phi) is 5.56. The molecule has 21 heavy (non-hydrogen) atoms. The molecule has 2 N–H and O–H groups in total. The number of methoxy groups -OCH3 is 1. The van der Waals surface area contributed by atoms with Gasteiger partial charge in [0.1, 0.15) is 17.5 Å². The second-order valence-corrected chi connectivity index (χ2v) is 5.54. The van der Waals surface area contributed by atoms with Crippen LogP contribution in [-0.4, -0.2) is 70.7 Å². The van der Waals surface area contributed by atoms with Crippen LogP contribution in [0.1, 0.15) is 20.8 Å². The third-order valence-corrected chi connectivity index (χ3v) is 2.67. The van der Waals surface area contributed by atoms with Crippen LogP contribution in [-0.2, 0) is 14.3 Å². The van der Waals surface area contributed by atoms with Crippen molar-refractivity contribution in [2.75, 3.05) is 26.8 Å². The number of hydrogen-bond acceptors (Lipinski definition) is 7. The van der Waals surface area contributed by atoms with Crippen molar-refractivity contribution in [2.45, 2.75) is 32.6 Å². The zero-order chi connectivity index (χ0) is 16.2. The average Bonchev–Trinajstić information content (AvgIpc) is 2.38. The lowest BCUT2D eigenvalue weighted by Gasteiger charge is -2.37. The first-order valence-corrected chi connectivity index (χ1v) is 6.55. The topological polar surface area (TPSA) is 99.5 Å². The molecule has 1 heterocycles. The number of aliphatic hydroxyl groups is 2. The number of β-amino-alcohol motifs (C(OH)–C–C–N with tert-alkyl or cyclic N) is 2. The van der Waals surface area contributed by atoms with E-state index in [2.05, 4.69) is 4.74 Å². The highest BCUT2D eigenvalue weighted by Crippen LogP contribution is 2.20. The maximum absolute atomic E-state index is 12.1. The highest BCUT2D eigenvalue weighted by atomic mass is 16.6. The van der Waals surface area contributed by atoms with E-state index in [-0.39, 0.29) is 25.4 Å². The zero-order valence-corrected chi connectivity index (χ0v) is 12.7. The maximum atomic E-state index is 12.1. The summed E-state index contributed by atoms with van der Waals surface area (Å²) in [5.74, 6) is -0.726. The van der Waals surface area contributed by atoms with E-state index in [1.165, 1.54) is 18.2 Å². The molecule has 0 bridgehead atoms. The predicted molar refractivity (Wildman–Crippen MR) is 72.8 cm³/mol. The molecule has 0 aromatic carbocycles. The minimum Gasteiger partial charge on any atom is -0.464 e. The van der Waals surface area contributed by atoms with E-state index in [4.69, 9.17) is 9.84 Å². The molecule has 1 rings (SSSR count). The first-order chi connectivity index (χ1) is 9.69. The molecule has 0 aliphatic carbocycles. The molecule has 0 aromatic rings. The van der Waals surface area contributed by atoms with Crippen LogP contribution in [0, 0.1) is 0 Å². The summed E-state index contributed by atoms with van der Waals surface area (Å²) in [6.45, 7) is 4.87. The lowest BCUT2D eigenvalue weighted by atomic mass is 10.2. The fraction of sp³-hybridized carbons (Fsp3) is 0.692. The van der Waals surface area contributed by atoms with Crippen molar-refractivity contribution in [3.05, 3.63) is 11.9 Å². The van der Waals surface area contributed by atoms with E-state index in [9.17, 15) is 14.7 Å². The van der Waals surface area contributed by atoms with Crippen LogP contribution < -0.4 is 0 Å². The fourth-order valence-electron chi connectivity index (χ4n) is 1.77. The van der Waals surface area contributed by atoms with E-state index in [1.807, 2.05) is 0 Å². The van der Waals surface area contributed by atoms with Crippen molar-refractivity contribution in [3.63, 3.8) is 0 Å². The van der Waals surface area contributed by atoms with Crippen LogP contribution in [0.15, 0.2) is 11.9 Å². The lowest BCUT2D eigenvalue weighted by molar-refractivity contribution is -0.139. The molecule has 0 spiro atoms. The van der Waals surface area contributed by atoms with Gasteiger partial charge in [-0.25, -0.2) is 9.59 Å². The van der Waals surface area contributed by atoms with Crippen LogP contribution >= 0.6 is 0 Å². The van der Waals surface area contributed by atoms with Gasteiger partial charge in [-0.2, -0.15) is 0 Å². The summed E-state index contributed by atoms with van der Waals surface area (Å²) in [6.07, 6.45) is -0.514. The number of nitrogens with zero attached hydrogens (tertiary/aromatic N) is 2. The Morgan fingerprint density at radius 1 is 1.43 bits per heavy atom. The third-order valence-electron chi connectivity index (χ3n) is 2.67. The number of rotatable bonds is 3. The van der Waals surface area contributed by atoms with Crippen molar-refractivity contribution in [3.8, 4) is 0 Å². The smallest absolute Gasteiger partial charge is 0.415 e. The SMILES string of the molecule is COC(=O)C1=CN(CCO)C(O)CN1C(=O)OC(C)(C)C. The van der Waals surface area contributed by atoms with Crippen molar-refractivity contribution in [1.29, 1.82) is 0 Å². The fourth-order valence-corrected chi connectivity index (χ4v) is 1.77. The minimum absolute atomic E-state index is 0.0505. The molecular formula is C13H22N2O6. The Balaban J connectivity index is 3.03. The third kappa shape index (κ3) is 4.61. The molecule has 0 saturated heterocycles. The molecule has 8 heteroatoms. The van der Waals surface area contributed by atoms with Crippen molar-refractivity contribution in [1.82, 2.24) is 9.80 Å². The monoisotopic (exact) mass is 302 g/mol. The number of esters is 1. The van der Waals surface area contributed by atoms with E-state index in [1.54, 1.807) is 20.8 Å². The Hall–Kier alpha value is -1.80. The lowest BCUT2D eigenvalue weighted by Crippen LogP contribution is -2.51. The van der Waals surface area contributed by atoms with Gasteiger partial charge >= 0.3 is 12.1 Å². The van der Waals surface area contributed by atoms with Crippen LogP contribution in [0.3, 0.4) is 0 Å². The number of amides is 1. The molecule has 0 radical (unpaired) electrons. The maximum Gasteiger partial charge on any atom is 0.415 e. The average molecular weight is 302 g/mol. The summed E-state index contributed by atoms with van der Waals surface area (Å²) < 4.78 is 9.84. The highest BCUT2D eigenvalue weighted by Gasteiger charge is 2.35. The molecule has 0 fully saturated rings. The van der Waals surface area contributed by atoms with Crippen molar-refractivity contribution in [2.24, 2.45) is 0 Å². The molecule has 1 amide bonds. The van der Waals surface area contributed by atoms with Gasteiger partial charge in [-0.1, -0.05) is 0 Å². The van der Waals surface area contributed by atoms with Gasteiger partial charge in [0.05, 0.1) is 20.3 Å². The van der Waals surface area contributed by atoms with Gasteiger partial charge in [0, 0.05) is 12.7 Å². The highest BCUT2D eigenvalue weighted by molar-refractivity contribution is 5.92. The Morgan fingerprint density at radius 2 is 2.05 bits per heavy atom. The molecular weight excluding hydrogens is 280 g/mol. The van der Waals surface area contributed by atoms with E-state index >= 15 is 0 Å². The standard InChI is InChI=1S/C13H22N2O6/c1-13(2,3)21-12(19)15-8-10(17)14(5-6-16)7-9(15)11(18)20-4/h7,10,16-17H,5-6,8H2,1-4H3. The molecule has 1 atom stereocenters. The van der Waals surface area contributed by atoms with Crippen molar-refractivity contribution >= 4 is 12.1 Å². The molecule has 8 nitrogen and oxygen atoms in total. The minimum atomic E-state index is -1.04. The zero-order valence-electron chi connectivity index (χ0n) is 12.7. The molecule has 1 aliphatic heterocycles. The van der Waals surface area contributed by atoms with E-state index in [0.29, 0.717) is 0 Å². The number of hydrogen-bond donors (Lipinski definition) is 2. The number of carbonyl (C=O) groups is 2. The predicted octanol–water partition coefficient (Wildman–Crippen LogP) is -0.136. The van der Waals surface area contributed by atoms with Gasteiger partial charge in [0.15, 0.2) is 0 Å². The largest absolute Gasteiger partial charge is 0.464 e. The van der Waals surface area contributed by atoms with Crippen LogP contribution in [0.2, 0.25) is 0 Å². The van der Waals surface area contributed by atoms with Gasteiger partial charge in [-0.15, -0.1) is 0 Å². The van der Waals surface area contributed by atoms with Crippen LogP contribution in [0.25, 0.3) is 0 Å². The normalized spacial score (nSPS) is 19.1. The summed E-state index contributed by atoms with van der Waals surface area (Å²) in [7, 11) is 1.19. The molecule has 1 aliphatic rings. The Labute approximate surface area is 123 Å². The second-order valence-electron chi connectivity index (χ2n) is 5.54. The summed E-state index contributed by atoms with van der Waals surface area (Å²) in [5, 5.41) is 18.9. The van der Waals surface area contributed by atoms with Crippen molar-refractivity contribution < 1.29 is 29.3 Å². The molecule has 1 unspecified atom stereocenters. The number of carbonyl (C=O) groups excluding carboxylic acids is 2. The van der Waals surface area contributed by atoms with Crippen LogP contribution in [0.5, 0.6) is 0 Å². The first-order valence-electron chi connectivity index (χ1n) is 6.55. The second kappa shape index (κ2) is 6.77. The quantitative estimate of drug-likeness (QED) is 0.700. The van der Waals surface area contributed by atoms with E-state index in [0.717, 1.165) is 4.90 Å². The van der Waals surface area contributed by atoms with Gasteiger partial charge in [0.25, 0.3) is 0 Å². The molecule has 120 valence electrons. The Bertz CT molecular complexity index is 429. The summed E-state index contributed by atoms with van der Waals surface area (Å²) in [4.78, 5) is 26.3. The van der Waals surface area contributed by atoms with E-state index < -0.39 is 23.9 Å². The van der Waals surface area contributed by atoms with Crippen LogP contribution in [0.4, 0.5) is 4.79 Å². The number of aliphatic hydroxyl groups excluding tert-OH is 2. The van der Waals surface area contributed by atoms with Gasteiger partial charge in [-0.3, -0.25) is 4.90 Å². The van der Waals surface area contributed by atoms with Gasteiger partial charge in [0.2, 0.25) is 0 Å².